The number of carbonyl (C=O) groups excluding carboxylic acids is 1. The third kappa shape index (κ3) is 3.57. The minimum atomic E-state index is -0.113. The van der Waals surface area contributed by atoms with Crippen LogP contribution in [0.3, 0.4) is 0 Å². The normalized spacial score (nSPS) is 10.7. The van der Waals surface area contributed by atoms with E-state index in [4.69, 9.17) is 0 Å². The number of amides is 1. The molecule has 2 aromatic carbocycles. The highest BCUT2D eigenvalue weighted by atomic mass is 79.9. The Labute approximate surface area is 153 Å². The number of carbonyl (C=O) groups is 1. The van der Waals surface area contributed by atoms with Gasteiger partial charge < -0.3 is 5.32 Å². The van der Waals surface area contributed by atoms with Gasteiger partial charge in [-0.05, 0) is 56.7 Å². The molecule has 0 radical (unpaired) electrons. The van der Waals surface area contributed by atoms with Gasteiger partial charge in [0.1, 0.15) is 0 Å². The van der Waals surface area contributed by atoms with Crippen molar-refractivity contribution in [3.05, 3.63) is 67.9 Å². The molecule has 0 spiro atoms. The summed E-state index contributed by atoms with van der Waals surface area (Å²) in [5.41, 5.74) is 4.49. The summed E-state index contributed by atoms with van der Waals surface area (Å²) in [7, 11) is 0. The van der Waals surface area contributed by atoms with E-state index in [1.807, 2.05) is 56.3 Å². The highest BCUT2D eigenvalue weighted by molar-refractivity contribution is 9.10. The quantitative estimate of drug-likeness (QED) is 0.607. The van der Waals surface area contributed by atoms with Gasteiger partial charge in [0.15, 0.2) is 0 Å². The van der Waals surface area contributed by atoms with E-state index < -0.39 is 0 Å². The van der Waals surface area contributed by atoms with Gasteiger partial charge in [0, 0.05) is 26.2 Å². The van der Waals surface area contributed by atoms with Gasteiger partial charge in [0.2, 0.25) is 0 Å². The first kappa shape index (κ1) is 16.9. The molecule has 3 aromatic rings. The van der Waals surface area contributed by atoms with E-state index in [0.29, 0.717) is 5.56 Å². The predicted octanol–water partition coefficient (Wildman–Crippen LogP) is 5.75. The number of thiazole rings is 1. The zero-order valence-corrected chi connectivity index (χ0v) is 16.1. The summed E-state index contributed by atoms with van der Waals surface area (Å²) >= 11 is 5.11. The molecule has 0 aliphatic carbocycles. The molecular formula is C19H17BrN2OS. The molecule has 1 N–H and O–H groups in total. The molecule has 0 saturated carbocycles. The average Bonchev–Trinajstić information content (AvgIpc) is 2.88. The first-order valence-electron chi connectivity index (χ1n) is 7.56. The number of aromatic nitrogens is 1. The lowest BCUT2D eigenvalue weighted by Gasteiger charge is -2.09. The molecule has 3 rings (SSSR count). The Morgan fingerprint density at radius 2 is 1.79 bits per heavy atom. The number of nitrogens with zero attached hydrogens (tertiary/aromatic N) is 1. The first-order valence-corrected chi connectivity index (χ1v) is 9.17. The second-order valence-electron chi connectivity index (χ2n) is 5.63. The molecule has 0 aliphatic rings. The highest BCUT2D eigenvalue weighted by Crippen LogP contribution is 2.27. The van der Waals surface area contributed by atoms with Gasteiger partial charge in [-0.2, -0.15) is 0 Å². The van der Waals surface area contributed by atoms with Crippen molar-refractivity contribution in [3.8, 4) is 11.3 Å². The van der Waals surface area contributed by atoms with Crippen molar-refractivity contribution in [2.75, 3.05) is 5.32 Å². The minimum Gasteiger partial charge on any atom is -0.322 e. The summed E-state index contributed by atoms with van der Waals surface area (Å²) < 4.78 is 0.997. The Balaban J connectivity index is 1.80. The van der Waals surface area contributed by atoms with E-state index in [1.54, 1.807) is 11.3 Å². The van der Waals surface area contributed by atoms with Crippen LogP contribution in [-0.2, 0) is 0 Å². The molecule has 3 nitrogen and oxygen atoms in total. The lowest BCUT2D eigenvalue weighted by Crippen LogP contribution is -2.12. The van der Waals surface area contributed by atoms with E-state index in [2.05, 4.69) is 33.2 Å². The van der Waals surface area contributed by atoms with Crippen molar-refractivity contribution in [3.63, 3.8) is 0 Å². The van der Waals surface area contributed by atoms with Crippen molar-refractivity contribution in [1.82, 2.24) is 4.98 Å². The van der Waals surface area contributed by atoms with Gasteiger partial charge in [-0.15, -0.1) is 11.3 Å². The summed E-state index contributed by atoms with van der Waals surface area (Å²) in [6.07, 6.45) is 0. The van der Waals surface area contributed by atoms with E-state index in [9.17, 15) is 4.79 Å². The second-order valence-corrected chi connectivity index (χ2v) is 7.95. The van der Waals surface area contributed by atoms with Crippen molar-refractivity contribution in [1.29, 1.82) is 0 Å². The maximum Gasteiger partial charge on any atom is 0.255 e. The molecule has 0 fully saturated rings. The van der Waals surface area contributed by atoms with E-state index in [-0.39, 0.29) is 5.91 Å². The summed E-state index contributed by atoms with van der Waals surface area (Å²) in [6.45, 7) is 6.04. The molecule has 5 heteroatoms. The fourth-order valence-electron chi connectivity index (χ4n) is 2.54. The molecular weight excluding hydrogens is 384 g/mol. The van der Waals surface area contributed by atoms with Crippen LogP contribution in [-0.4, -0.2) is 10.9 Å². The SMILES string of the molecule is Cc1nc(-c2ccc(C(=O)Nc3ccc(Br)cc3C)cc2)c(C)s1. The van der Waals surface area contributed by atoms with Gasteiger partial charge in [-0.1, -0.05) is 28.1 Å². The summed E-state index contributed by atoms with van der Waals surface area (Å²) in [5.74, 6) is -0.113. The molecule has 0 atom stereocenters. The average molecular weight is 401 g/mol. The number of aryl methyl sites for hydroxylation is 3. The van der Waals surface area contributed by atoms with Crippen LogP contribution in [0.4, 0.5) is 5.69 Å². The number of anilines is 1. The van der Waals surface area contributed by atoms with E-state index in [0.717, 1.165) is 32.0 Å². The molecule has 1 amide bonds. The maximum absolute atomic E-state index is 12.4. The lowest BCUT2D eigenvalue weighted by molar-refractivity contribution is 0.102. The van der Waals surface area contributed by atoms with Gasteiger partial charge >= 0.3 is 0 Å². The Hall–Kier alpha value is -1.98. The van der Waals surface area contributed by atoms with Crippen molar-refractivity contribution >= 4 is 38.9 Å². The van der Waals surface area contributed by atoms with Gasteiger partial charge in [-0.25, -0.2) is 4.98 Å². The summed E-state index contributed by atoms with van der Waals surface area (Å²) in [5, 5.41) is 4.01. The van der Waals surface area contributed by atoms with Crippen LogP contribution in [0.5, 0.6) is 0 Å². The van der Waals surface area contributed by atoms with Crippen LogP contribution in [0.25, 0.3) is 11.3 Å². The Morgan fingerprint density at radius 3 is 2.38 bits per heavy atom. The van der Waals surface area contributed by atoms with Gasteiger partial charge in [0.05, 0.1) is 10.7 Å². The van der Waals surface area contributed by atoms with Crippen LogP contribution in [0, 0.1) is 20.8 Å². The predicted molar refractivity (Wildman–Crippen MR) is 104 cm³/mol. The number of nitrogens with one attached hydrogen (secondary N) is 1. The molecule has 0 unspecified atom stereocenters. The molecule has 24 heavy (non-hydrogen) atoms. The van der Waals surface area contributed by atoms with Crippen LogP contribution < -0.4 is 5.32 Å². The van der Waals surface area contributed by atoms with Gasteiger partial charge in [0.25, 0.3) is 5.91 Å². The van der Waals surface area contributed by atoms with E-state index >= 15 is 0 Å². The zero-order chi connectivity index (χ0) is 17.3. The maximum atomic E-state index is 12.4. The van der Waals surface area contributed by atoms with Gasteiger partial charge in [-0.3, -0.25) is 4.79 Å². The third-order valence-corrected chi connectivity index (χ3v) is 5.14. The number of rotatable bonds is 3. The minimum absolute atomic E-state index is 0.113. The summed E-state index contributed by atoms with van der Waals surface area (Å²) in [4.78, 5) is 18.2. The third-order valence-electron chi connectivity index (χ3n) is 3.76. The summed E-state index contributed by atoms with van der Waals surface area (Å²) in [6, 6.07) is 13.4. The number of benzene rings is 2. The Bertz CT molecular complexity index is 900. The number of halogens is 1. The van der Waals surface area contributed by atoms with Crippen LogP contribution >= 0.6 is 27.3 Å². The smallest absolute Gasteiger partial charge is 0.255 e. The molecule has 0 saturated heterocycles. The fourth-order valence-corrected chi connectivity index (χ4v) is 3.85. The lowest BCUT2D eigenvalue weighted by atomic mass is 10.1. The monoisotopic (exact) mass is 400 g/mol. The Kier molecular flexibility index (Phi) is 4.83. The zero-order valence-electron chi connectivity index (χ0n) is 13.7. The van der Waals surface area contributed by atoms with Crippen LogP contribution in [0.2, 0.25) is 0 Å². The standard InChI is InChI=1S/C19H17BrN2OS/c1-11-10-16(20)8-9-17(11)22-19(23)15-6-4-14(5-7-15)18-12(2)24-13(3)21-18/h4-10H,1-3H3,(H,22,23). The largest absolute Gasteiger partial charge is 0.322 e. The Morgan fingerprint density at radius 1 is 1.08 bits per heavy atom. The first-order chi connectivity index (χ1) is 11.4. The highest BCUT2D eigenvalue weighted by Gasteiger charge is 2.11. The molecule has 1 heterocycles. The van der Waals surface area contributed by atoms with Crippen LogP contribution in [0.1, 0.15) is 25.8 Å². The van der Waals surface area contributed by atoms with Crippen molar-refractivity contribution in [2.45, 2.75) is 20.8 Å². The molecule has 0 aliphatic heterocycles. The number of hydrogen-bond acceptors (Lipinski definition) is 3. The van der Waals surface area contributed by atoms with Crippen molar-refractivity contribution in [2.24, 2.45) is 0 Å². The van der Waals surface area contributed by atoms with Crippen molar-refractivity contribution < 1.29 is 4.79 Å². The number of hydrogen-bond donors (Lipinski definition) is 1. The molecule has 122 valence electrons. The van der Waals surface area contributed by atoms with Crippen LogP contribution in [0.15, 0.2) is 46.9 Å². The second kappa shape index (κ2) is 6.87. The molecule has 0 bridgehead atoms. The topological polar surface area (TPSA) is 42.0 Å². The fraction of sp³-hybridized carbons (Fsp3) is 0.158. The van der Waals surface area contributed by atoms with E-state index in [1.165, 1.54) is 4.88 Å². The molecule has 1 aromatic heterocycles.